The van der Waals surface area contributed by atoms with Crippen LogP contribution in [0.1, 0.15) is 31.2 Å². The smallest absolute Gasteiger partial charge is 0.229 e. The zero-order valence-corrected chi connectivity index (χ0v) is 31.1. The summed E-state index contributed by atoms with van der Waals surface area (Å²) >= 11 is 7.35. The number of sulfonamides is 1. The minimum absolute atomic E-state index is 0.335. The summed E-state index contributed by atoms with van der Waals surface area (Å²) in [6.45, 7) is 4.87. The van der Waals surface area contributed by atoms with Crippen LogP contribution >= 0.6 is 31.9 Å². The molecule has 15 heteroatoms. The molecular formula is C32H42Br2N8O4S. The minimum Gasteiger partial charge on any atom is -0.494 e. The van der Waals surface area contributed by atoms with E-state index in [4.69, 9.17) is 14.5 Å². The lowest BCUT2D eigenvalue weighted by molar-refractivity contribution is 0.0846. The molecule has 2 aromatic carbocycles. The van der Waals surface area contributed by atoms with Gasteiger partial charge in [0, 0.05) is 60.9 Å². The number of nitrogens with one attached hydrogen (secondary N) is 3. The molecular weight excluding hydrogens is 752 g/mol. The largest absolute Gasteiger partial charge is 0.494 e. The molecule has 0 radical (unpaired) electrons. The first-order valence-corrected chi connectivity index (χ1v) is 19.3. The topological polar surface area (TPSA) is 124 Å². The van der Waals surface area contributed by atoms with Crippen LogP contribution < -0.4 is 29.7 Å². The SMILES string of the molecule is COc1cc(N2CCC(N3CCCC(N(C)C)C3)CC2)c(Br)cc1Nc1ncc(Br)c(Nc2cc3c(cc2NS(C)(=O)=O)CCO3)n1. The molecule has 0 saturated carbocycles. The normalized spacial score (nSPS) is 19.0. The van der Waals surface area contributed by atoms with E-state index in [0.29, 0.717) is 69.9 Å². The first-order chi connectivity index (χ1) is 22.5. The van der Waals surface area contributed by atoms with Crippen LogP contribution in [0.25, 0.3) is 0 Å². The standard InChI is InChI=1S/C32H42Br2N8O4S/c1-40(2)22-6-5-10-42(19-22)21-7-11-41(12-8-21)28-17-30(45-3)27(15-23(28)33)37-32-35-18-24(34)31(38-32)36-25-16-29-20(9-13-46-29)14-26(25)39-47(4,43)44/h14-18,21-22,39H,5-13,19H2,1-4H3,(H2,35,36,37,38). The molecule has 2 fully saturated rings. The third-order valence-corrected chi connectivity index (χ3v) is 10.9. The fourth-order valence-corrected chi connectivity index (χ4v) is 8.09. The van der Waals surface area contributed by atoms with Crippen molar-refractivity contribution < 1.29 is 17.9 Å². The number of ether oxygens (including phenoxy) is 2. The minimum atomic E-state index is -3.52. The Balaban J connectivity index is 1.17. The van der Waals surface area contributed by atoms with E-state index in [0.717, 1.165) is 54.5 Å². The van der Waals surface area contributed by atoms with Crippen molar-refractivity contribution in [3.63, 3.8) is 0 Å². The number of benzene rings is 2. The number of hydrogen-bond donors (Lipinski definition) is 3. The van der Waals surface area contributed by atoms with Gasteiger partial charge in [-0.3, -0.25) is 9.62 Å². The Kier molecular flexibility index (Phi) is 10.4. The fraction of sp³-hybridized carbons (Fsp3) is 0.500. The number of piperidine rings is 2. The molecule has 3 aliphatic heterocycles. The summed E-state index contributed by atoms with van der Waals surface area (Å²) in [7, 11) is 2.53. The molecule has 1 atom stereocenters. The Bertz CT molecular complexity index is 1720. The van der Waals surface area contributed by atoms with Crippen molar-refractivity contribution in [2.75, 3.05) is 80.5 Å². The van der Waals surface area contributed by atoms with Crippen molar-refractivity contribution >= 4 is 76.4 Å². The van der Waals surface area contributed by atoms with Crippen molar-refractivity contribution in [1.82, 2.24) is 19.8 Å². The number of nitrogens with zero attached hydrogens (tertiary/aromatic N) is 5. The molecule has 0 bridgehead atoms. The predicted octanol–water partition coefficient (Wildman–Crippen LogP) is 5.80. The number of likely N-dealkylation sites (tertiary alicyclic amines) is 1. The zero-order valence-electron chi connectivity index (χ0n) is 27.1. The monoisotopic (exact) mass is 792 g/mol. The molecule has 0 amide bonds. The van der Waals surface area contributed by atoms with Gasteiger partial charge in [-0.2, -0.15) is 4.98 Å². The summed E-state index contributed by atoms with van der Waals surface area (Å²) < 4.78 is 39.9. The van der Waals surface area contributed by atoms with Gasteiger partial charge in [0.05, 0.1) is 47.2 Å². The maximum atomic E-state index is 12.1. The molecule has 4 heterocycles. The fourth-order valence-electron chi connectivity index (χ4n) is 6.64. The lowest BCUT2D eigenvalue weighted by atomic mass is 9.97. The number of fused-ring (bicyclic) bond motifs is 1. The van der Waals surface area contributed by atoms with Crippen LogP contribution in [0, 0.1) is 0 Å². The Morgan fingerprint density at radius 1 is 1.00 bits per heavy atom. The van der Waals surface area contributed by atoms with Crippen LogP contribution in [-0.4, -0.2) is 101 Å². The summed E-state index contributed by atoms with van der Waals surface area (Å²) in [6.07, 6.45) is 8.29. The van der Waals surface area contributed by atoms with E-state index in [1.807, 2.05) is 6.07 Å². The quantitative estimate of drug-likeness (QED) is 0.231. The lowest BCUT2D eigenvalue weighted by Crippen LogP contribution is -2.52. The number of aromatic nitrogens is 2. The highest BCUT2D eigenvalue weighted by atomic mass is 79.9. The molecule has 3 aliphatic rings. The summed E-state index contributed by atoms with van der Waals surface area (Å²) in [6, 6.07) is 8.89. The van der Waals surface area contributed by atoms with Gasteiger partial charge in [0.15, 0.2) is 0 Å². The summed E-state index contributed by atoms with van der Waals surface area (Å²) in [4.78, 5) is 16.7. The first-order valence-electron chi connectivity index (χ1n) is 15.8. The van der Waals surface area contributed by atoms with Crippen molar-refractivity contribution in [3.8, 4) is 11.5 Å². The number of likely N-dealkylation sites (N-methyl/N-ethyl adjacent to an activating group) is 1. The maximum absolute atomic E-state index is 12.1. The average Bonchev–Trinajstić information content (AvgIpc) is 3.49. The Labute approximate surface area is 293 Å². The number of rotatable bonds is 10. The van der Waals surface area contributed by atoms with Gasteiger partial charge in [0.2, 0.25) is 16.0 Å². The summed E-state index contributed by atoms with van der Waals surface area (Å²) in [5.41, 5.74) is 3.67. The van der Waals surface area contributed by atoms with Gasteiger partial charge in [-0.1, -0.05) is 0 Å². The van der Waals surface area contributed by atoms with Crippen LogP contribution in [-0.2, 0) is 16.4 Å². The number of methoxy groups -OCH3 is 1. The molecule has 1 unspecified atom stereocenters. The van der Waals surface area contributed by atoms with E-state index in [1.165, 1.54) is 19.4 Å². The second kappa shape index (κ2) is 14.3. The summed E-state index contributed by atoms with van der Waals surface area (Å²) in [5, 5.41) is 6.55. The molecule has 3 N–H and O–H groups in total. The van der Waals surface area contributed by atoms with Gasteiger partial charge >= 0.3 is 0 Å². The second-order valence-electron chi connectivity index (χ2n) is 12.6. The van der Waals surface area contributed by atoms with Gasteiger partial charge in [-0.05, 0) is 95.9 Å². The third kappa shape index (κ3) is 8.07. The van der Waals surface area contributed by atoms with Crippen LogP contribution in [0.5, 0.6) is 11.5 Å². The van der Waals surface area contributed by atoms with Crippen LogP contribution in [0.4, 0.5) is 34.5 Å². The average molecular weight is 795 g/mol. The Hall–Kier alpha value is -2.85. The number of hydrogen-bond acceptors (Lipinski definition) is 11. The van der Waals surface area contributed by atoms with E-state index < -0.39 is 10.0 Å². The lowest BCUT2D eigenvalue weighted by Gasteiger charge is -2.44. The van der Waals surface area contributed by atoms with E-state index in [2.05, 4.69) is 87.1 Å². The van der Waals surface area contributed by atoms with E-state index in [-0.39, 0.29) is 0 Å². The predicted molar refractivity (Wildman–Crippen MR) is 195 cm³/mol. The van der Waals surface area contributed by atoms with Crippen molar-refractivity contribution in [1.29, 1.82) is 0 Å². The van der Waals surface area contributed by atoms with Gasteiger partial charge in [-0.25, -0.2) is 13.4 Å². The zero-order chi connectivity index (χ0) is 33.3. The molecule has 47 heavy (non-hydrogen) atoms. The number of anilines is 6. The molecule has 12 nitrogen and oxygen atoms in total. The van der Waals surface area contributed by atoms with E-state index in [1.54, 1.807) is 25.4 Å². The Morgan fingerprint density at radius 3 is 2.51 bits per heavy atom. The molecule has 6 rings (SSSR count). The first kappa shape index (κ1) is 34.0. The Morgan fingerprint density at radius 2 is 1.79 bits per heavy atom. The van der Waals surface area contributed by atoms with E-state index in [9.17, 15) is 8.42 Å². The molecule has 2 saturated heterocycles. The molecule has 3 aromatic rings. The van der Waals surface area contributed by atoms with Crippen LogP contribution in [0.15, 0.2) is 39.4 Å². The molecule has 254 valence electrons. The van der Waals surface area contributed by atoms with Gasteiger partial charge < -0.3 is 29.9 Å². The van der Waals surface area contributed by atoms with E-state index >= 15 is 0 Å². The third-order valence-electron chi connectivity index (χ3n) is 9.12. The molecule has 1 aromatic heterocycles. The maximum Gasteiger partial charge on any atom is 0.229 e. The second-order valence-corrected chi connectivity index (χ2v) is 16.1. The van der Waals surface area contributed by atoms with Crippen molar-refractivity contribution in [3.05, 3.63) is 45.0 Å². The van der Waals surface area contributed by atoms with Gasteiger partial charge in [0.25, 0.3) is 0 Å². The van der Waals surface area contributed by atoms with Gasteiger partial charge in [-0.15, -0.1) is 0 Å². The van der Waals surface area contributed by atoms with Gasteiger partial charge in [0.1, 0.15) is 17.3 Å². The highest BCUT2D eigenvalue weighted by Crippen LogP contribution is 2.41. The number of halogens is 2. The highest BCUT2D eigenvalue weighted by molar-refractivity contribution is 9.11. The van der Waals surface area contributed by atoms with Crippen molar-refractivity contribution in [2.24, 2.45) is 0 Å². The summed E-state index contributed by atoms with van der Waals surface area (Å²) in [5.74, 6) is 2.16. The molecule has 0 aliphatic carbocycles. The van der Waals surface area contributed by atoms with Crippen LogP contribution in [0.2, 0.25) is 0 Å². The van der Waals surface area contributed by atoms with Crippen molar-refractivity contribution in [2.45, 2.75) is 44.2 Å². The molecule has 0 spiro atoms. The van der Waals surface area contributed by atoms with Crippen LogP contribution in [0.3, 0.4) is 0 Å². The highest BCUT2D eigenvalue weighted by Gasteiger charge is 2.30.